The molecule has 0 saturated carbocycles. The first-order chi connectivity index (χ1) is 8.06. The van der Waals surface area contributed by atoms with Crippen molar-refractivity contribution in [2.75, 3.05) is 6.61 Å². The minimum atomic E-state index is -0.778. The smallest absolute Gasteiger partial charge is 0.258 e. The summed E-state index contributed by atoms with van der Waals surface area (Å²) < 4.78 is 0. The van der Waals surface area contributed by atoms with Gasteiger partial charge in [-0.15, -0.1) is 0 Å². The van der Waals surface area contributed by atoms with Crippen LogP contribution in [-0.4, -0.2) is 16.5 Å². The van der Waals surface area contributed by atoms with E-state index in [0.717, 1.165) is 6.07 Å². The van der Waals surface area contributed by atoms with Crippen molar-refractivity contribution in [2.45, 2.75) is 19.3 Å². The molecule has 0 bridgehead atoms. The van der Waals surface area contributed by atoms with Crippen LogP contribution in [0.5, 0.6) is 0 Å². The first-order valence-electron chi connectivity index (χ1n) is 5.06. The van der Waals surface area contributed by atoms with Crippen LogP contribution in [-0.2, 0) is 11.5 Å². The number of nitro groups is 2. The number of unbranched alkanes of at least 4 members (excludes halogenated alkanes) is 1. The summed E-state index contributed by atoms with van der Waals surface area (Å²) in [7, 11) is 0. The fraction of sp³-hybridized carbons (Fsp3) is 0.400. The molecule has 7 heteroatoms. The normalized spacial score (nSPS) is 10.2. The van der Waals surface area contributed by atoms with Gasteiger partial charge in [0.2, 0.25) is 0 Å². The molecule has 91 valence electrons. The Morgan fingerprint density at radius 1 is 1.00 bits per heavy atom. The molecule has 7 nitrogen and oxygen atoms in total. The minimum absolute atomic E-state index is 0.185. The molecule has 0 aliphatic carbocycles. The molecule has 1 radical (unpaired) electrons. The van der Waals surface area contributed by atoms with Crippen LogP contribution in [0.15, 0.2) is 18.2 Å². The highest BCUT2D eigenvalue weighted by Crippen LogP contribution is 2.27. The molecule has 17 heavy (non-hydrogen) atoms. The van der Waals surface area contributed by atoms with Gasteiger partial charge in [0, 0.05) is 12.1 Å². The summed E-state index contributed by atoms with van der Waals surface area (Å²) in [5.74, 6) is 0. The van der Waals surface area contributed by atoms with Gasteiger partial charge in [0.05, 0.1) is 16.5 Å². The quantitative estimate of drug-likeness (QED) is 0.431. The topological polar surface area (TPSA) is 106 Å². The summed E-state index contributed by atoms with van der Waals surface area (Å²) >= 11 is 0. The van der Waals surface area contributed by atoms with E-state index in [1.807, 2.05) is 0 Å². The zero-order valence-corrected chi connectivity index (χ0v) is 9.00. The maximum Gasteiger partial charge on any atom is 0.346 e. The second-order valence-electron chi connectivity index (χ2n) is 3.50. The summed E-state index contributed by atoms with van der Waals surface area (Å²) in [5, 5.41) is 31.5. The summed E-state index contributed by atoms with van der Waals surface area (Å²) in [5.41, 5.74) is -0.382. The molecule has 0 aliphatic rings. The van der Waals surface area contributed by atoms with E-state index in [-0.39, 0.29) is 6.61 Å². The highest BCUT2D eigenvalue weighted by atomic mass is 16.6. The molecule has 1 rings (SSSR count). The molecule has 0 heterocycles. The number of hydrogen-bond donors (Lipinski definition) is 0. The van der Waals surface area contributed by atoms with Gasteiger partial charge in [0.1, 0.15) is 0 Å². The van der Waals surface area contributed by atoms with Gasteiger partial charge < -0.3 is 0 Å². The summed E-state index contributed by atoms with van der Waals surface area (Å²) in [6.07, 6.45) is 1.63. The van der Waals surface area contributed by atoms with Crippen molar-refractivity contribution in [3.05, 3.63) is 44.0 Å². The van der Waals surface area contributed by atoms with E-state index in [2.05, 4.69) is 0 Å². The highest BCUT2D eigenvalue weighted by molar-refractivity contribution is 5.54. The van der Waals surface area contributed by atoms with Crippen LogP contribution in [0.25, 0.3) is 0 Å². The third kappa shape index (κ3) is 3.49. The molecule has 0 aliphatic heterocycles. The van der Waals surface area contributed by atoms with Gasteiger partial charge in [0.25, 0.3) is 0 Å². The average molecular weight is 239 g/mol. The van der Waals surface area contributed by atoms with Crippen LogP contribution in [0.2, 0.25) is 0 Å². The Kier molecular flexibility index (Phi) is 4.53. The second kappa shape index (κ2) is 5.90. The fourth-order valence-corrected chi connectivity index (χ4v) is 1.46. The van der Waals surface area contributed by atoms with Crippen LogP contribution in [0.3, 0.4) is 0 Å². The molecule has 0 N–H and O–H groups in total. The van der Waals surface area contributed by atoms with Crippen molar-refractivity contribution in [2.24, 2.45) is 0 Å². The molecule has 0 unspecified atom stereocenters. The first kappa shape index (κ1) is 13.0. The zero-order valence-electron chi connectivity index (χ0n) is 9.00. The van der Waals surface area contributed by atoms with Crippen molar-refractivity contribution in [1.82, 2.24) is 0 Å². The Morgan fingerprint density at radius 3 is 2.18 bits per heavy atom. The van der Waals surface area contributed by atoms with Crippen LogP contribution >= 0.6 is 0 Å². The van der Waals surface area contributed by atoms with Crippen molar-refractivity contribution in [3.8, 4) is 0 Å². The SMILES string of the molecule is [O]CCCCc1ccc([N+](=O)[O-])c([N+](=O)[O-])c1. The van der Waals surface area contributed by atoms with E-state index < -0.39 is 21.2 Å². The second-order valence-corrected chi connectivity index (χ2v) is 3.50. The van der Waals surface area contributed by atoms with E-state index >= 15 is 0 Å². The number of nitrogens with zero attached hydrogens (tertiary/aromatic N) is 2. The monoisotopic (exact) mass is 239 g/mol. The van der Waals surface area contributed by atoms with Gasteiger partial charge in [-0.1, -0.05) is 6.07 Å². The zero-order chi connectivity index (χ0) is 12.8. The Balaban J connectivity index is 2.94. The van der Waals surface area contributed by atoms with Gasteiger partial charge in [-0.3, -0.25) is 20.2 Å². The Morgan fingerprint density at radius 2 is 1.65 bits per heavy atom. The van der Waals surface area contributed by atoms with E-state index in [4.69, 9.17) is 0 Å². The van der Waals surface area contributed by atoms with E-state index in [0.29, 0.717) is 24.8 Å². The van der Waals surface area contributed by atoms with Crippen LogP contribution in [0.4, 0.5) is 11.4 Å². The summed E-state index contributed by atoms with van der Waals surface area (Å²) in [6.45, 7) is -0.185. The van der Waals surface area contributed by atoms with Crippen LogP contribution < -0.4 is 0 Å². The molecule has 1 aromatic carbocycles. The predicted octanol–water partition coefficient (Wildman–Crippen LogP) is 2.26. The van der Waals surface area contributed by atoms with Crippen molar-refractivity contribution in [1.29, 1.82) is 0 Å². The van der Waals surface area contributed by atoms with Crippen LogP contribution in [0, 0.1) is 20.2 Å². The number of nitro benzene ring substituents is 2. The number of aryl methyl sites for hydroxylation is 1. The maximum absolute atomic E-state index is 10.7. The Hall–Kier alpha value is -2.02. The van der Waals surface area contributed by atoms with Gasteiger partial charge in [-0.05, 0) is 24.8 Å². The fourth-order valence-electron chi connectivity index (χ4n) is 1.46. The molecular weight excluding hydrogens is 228 g/mol. The predicted molar refractivity (Wildman–Crippen MR) is 58.2 cm³/mol. The molecule has 0 saturated heterocycles. The number of hydrogen-bond acceptors (Lipinski definition) is 4. The average Bonchev–Trinajstić information content (AvgIpc) is 2.29. The molecule has 0 fully saturated rings. The third-order valence-corrected chi connectivity index (χ3v) is 2.29. The van der Waals surface area contributed by atoms with E-state index in [1.165, 1.54) is 12.1 Å². The minimum Gasteiger partial charge on any atom is -0.258 e. The van der Waals surface area contributed by atoms with Crippen molar-refractivity contribution >= 4 is 11.4 Å². The Labute approximate surface area is 97.0 Å². The lowest BCUT2D eigenvalue weighted by Crippen LogP contribution is -1.98. The molecule has 0 aromatic heterocycles. The largest absolute Gasteiger partial charge is 0.346 e. The van der Waals surface area contributed by atoms with Crippen molar-refractivity contribution < 1.29 is 15.0 Å². The number of benzene rings is 1. The number of rotatable bonds is 6. The van der Waals surface area contributed by atoms with E-state index in [1.54, 1.807) is 0 Å². The third-order valence-electron chi connectivity index (χ3n) is 2.29. The highest BCUT2D eigenvalue weighted by Gasteiger charge is 2.23. The first-order valence-corrected chi connectivity index (χ1v) is 5.06. The van der Waals surface area contributed by atoms with E-state index in [9.17, 15) is 25.3 Å². The van der Waals surface area contributed by atoms with Crippen molar-refractivity contribution in [3.63, 3.8) is 0 Å². The summed E-state index contributed by atoms with van der Waals surface area (Å²) in [6, 6.07) is 3.81. The van der Waals surface area contributed by atoms with Gasteiger partial charge >= 0.3 is 11.4 Å². The molecule has 0 spiro atoms. The Bertz CT molecular complexity index is 433. The van der Waals surface area contributed by atoms with Crippen LogP contribution in [0.1, 0.15) is 18.4 Å². The maximum atomic E-state index is 10.7. The van der Waals surface area contributed by atoms with Gasteiger partial charge in [0.15, 0.2) is 0 Å². The summed E-state index contributed by atoms with van der Waals surface area (Å²) in [4.78, 5) is 19.7. The standard InChI is InChI=1S/C10H11N2O5/c13-6-2-1-3-8-4-5-9(11(14)15)10(7-8)12(16)17/h4-5,7H,1-3,6H2. The molecule has 0 atom stereocenters. The molecule has 0 amide bonds. The lowest BCUT2D eigenvalue weighted by atomic mass is 10.1. The lowest BCUT2D eigenvalue weighted by molar-refractivity contribution is -0.422. The lowest BCUT2D eigenvalue weighted by Gasteiger charge is -2.00. The molecular formula is C10H11N2O5. The van der Waals surface area contributed by atoms with Gasteiger partial charge in [-0.2, -0.15) is 0 Å². The van der Waals surface area contributed by atoms with Gasteiger partial charge in [-0.25, -0.2) is 5.11 Å². The molecule has 1 aromatic rings.